The number of rotatable bonds is 4. The summed E-state index contributed by atoms with van der Waals surface area (Å²) in [5.74, 6) is 1.24. The van der Waals surface area contributed by atoms with Crippen molar-refractivity contribution in [3.8, 4) is 5.82 Å². The fourth-order valence-electron chi connectivity index (χ4n) is 3.38. The second-order valence-corrected chi connectivity index (χ2v) is 6.71. The molecule has 2 aromatic heterocycles. The molecular formula is C19H19N7O3. The van der Waals surface area contributed by atoms with Crippen LogP contribution < -0.4 is 4.90 Å². The van der Waals surface area contributed by atoms with E-state index in [2.05, 4.69) is 20.1 Å². The van der Waals surface area contributed by atoms with Crippen molar-refractivity contribution in [1.82, 2.24) is 24.6 Å². The van der Waals surface area contributed by atoms with E-state index in [0.29, 0.717) is 43.1 Å². The average molecular weight is 393 g/mol. The molecule has 1 aliphatic heterocycles. The lowest BCUT2D eigenvalue weighted by Gasteiger charge is -2.35. The first-order valence-corrected chi connectivity index (χ1v) is 9.15. The summed E-state index contributed by atoms with van der Waals surface area (Å²) in [4.78, 5) is 31.3. The Bertz CT molecular complexity index is 1030. The number of imidazole rings is 1. The van der Waals surface area contributed by atoms with Gasteiger partial charge in [-0.25, -0.2) is 4.98 Å². The highest BCUT2D eigenvalue weighted by atomic mass is 16.6. The van der Waals surface area contributed by atoms with Gasteiger partial charge in [0.25, 0.3) is 11.6 Å². The molecule has 3 heterocycles. The van der Waals surface area contributed by atoms with Crippen LogP contribution in [0.15, 0.2) is 49.1 Å². The van der Waals surface area contributed by atoms with Crippen LogP contribution in [0, 0.1) is 17.0 Å². The van der Waals surface area contributed by atoms with Gasteiger partial charge in [-0.05, 0) is 25.1 Å². The minimum atomic E-state index is -0.462. The normalized spacial score (nSPS) is 14.1. The van der Waals surface area contributed by atoms with Crippen LogP contribution in [-0.4, -0.2) is 61.7 Å². The lowest BCUT2D eigenvalue weighted by molar-refractivity contribution is -0.385. The van der Waals surface area contributed by atoms with E-state index in [0.717, 1.165) is 5.82 Å². The van der Waals surface area contributed by atoms with E-state index in [-0.39, 0.29) is 11.6 Å². The highest BCUT2D eigenvalue weighted by molar-refractivity contribution is 5.96. The van der Waals surface area contributed by atoms with E-state index in [1.54, 1.807) is 47.2 Å². The van der Waals surface area contributed by atoms with Gasteiger partial charge >= 0.3 is 0 Å². The van der Waals surface area contributed by atoms with Crippen LogP contribution in [0.1, 0.15) is 15.9 Å². The molecule has 0 bridgehead atoms. The van der Waals surface area contributed by atoms with Crippen molar-refractivity contribution in [1.29, 1.82) is 0 Å². The molecule has 29 heavy (non-hydrogen) atoms. The Morgan fingerprint density at radius 1 is 1.07 bits per heavy atom. The molecule has 148 valence electrons. The van der Waals surface area contributed by atoms with Gasteiger partial charge in [0.15, 0.2) is 11.6 Å². The number of benzene rings is 1. The third-order valence-electron chi connectivity index (χ3n) is 5.03. The van der Waals surface area contributed by atoms with Crippen molar-refractivity contribution in [2.24, 2.45) is 0 Å². The van der Waals surface area contributed by atoms with Crippen LogP contribution in [0.2, 0.25) is 0 Å². The molecule has 3 aromatic rings. The van der Waals surface area contributed by atoms with E-state index in [1.165, 1.54) is 6.07 Å². The Kier molecular flexibility index (Phi) is 4.90. The zero-order chi connectivity index (χ0) is 20.4. The van der Waals surface area contributed by atoms with Gasteiger partial charge in [-0.1, -0.05) is 6.07 Å². The molecule has 1 saturated heterocycles. The standard InChI is InChI=1S/C19H19N7O3/c1-14-15(3-2-4-16(14)26(28)29)19(27)24-11-9-23(10-12-24)17-5-6-18(22-21-17)25-8-7-20-13-25/h2-8,13H,9-12H2,1H3. The second-order valence-electron chi connectivity index (χ2n) is 6.71. The number of hydrogen-bond acceptors (Lipinski definition) is 7. The van der Waals surface area contributed by atoms with Crippen LogP contribution in [0.25, 0.3) is 5.82 Å². The van der Waals surface area contributed by atoms with Crippen molar-refractivity contribution in [2.75, 3.05) is 31.1 Å². The minimum absolute atomic E-state index is 0.0391. The Hall–Kier alpha value is -3.82. The molecule has 1 fully saturated rings. The molecule has 0 unspecified atom stereocenters. The number of anilines is 1. The molecule has 0 N–H and O–H groups in total. The summed E-state index contributed by atoms with van der Waals surface area (Å²) < 4.78 is 1.77. The largest absolute Gasteiger partial charge is 0.352 e. The summed E-state index contributed by atoms with van der Waals surface area (Å²) in [5.41, 5.74) is 0.728. The first-order valence-electron chi connectivity index (χ1n) is 9.15. The van der Waals surface area contributed by atoms with Crippen molar-refractivity contribution < 1.29 is 9.72 Å². The minimum Gasteiger partial charge on any atom is -0.352 e. The van der Waals surface area contributed by atoms with Gasteiger partial charge in [-0.3, -0.25) is 19.5 Å². The van der Waals surface area contributed by atoms with Gasteiger partial charge in [0.1, 0.15) is 6.33 Å². The molecule has 1 aromatic carbocycles. The van der Waals surface area contributed by atoms with Crippen molar-refractivity contribution in [3.05, 3.63) is 70.3 Å². The van der Waals surface area contributed by atoms with E-state index in [1.807, 2.05) is 12.1 Å². The van der Waals surface area contributed by atoms with Crippen LogP contribution in [0.5, 0.6) is 0 Å². The van der Waals surface area contributed by atoms with Crippen LogP contribution >= 0.6 is 0 Å². The molecule has 0 spiro atoms. The number of hydrogen-bond donors (Lipinski definition) is 0. The van der Waals surface area contributed by atoms with Crippen molar-refractivity contribution >= 4 is 17.4 Å². The molecule has 0 aliphatic carbocycles. The molecular weight excluding hydrogens is 374 g/mol. The van der Waals surface area contributed by atoms with Crippen LogP contribution in [0.3, 0.4) is 0 Å². The maximum absolute atomic E-state index is 12.9. The molecule has 10 nitrogen and oxygen atoms in total. The Balaban J connectivity index is 1.42. The molecule has 1 amide bonds. The topological polar surface area (TPSA) is 110 Å². The summed E-state index contributed by atoms with van der Waals surface area (Å²) in [6, 6.07) is 8.36. The fourth-order valence-corrected chi connectivity index (χ4v) is 3.38. The van der Waals surface area contributed by atoms with E-state index in [9.17, 15) is 14.9 Å². The summed E-state index contributed by atoms with van der Waals surface area (Å²) in [7, 11) is 0. The van der Waals surface area contributed by atoms with Gasteiger partial charge in [0.2, 0.25) is 0 Å². The summed E-state index contributed by atoms with van der Waals surface area (Å²) >= 11 is 0. The lowest BCUT2D eigenvalue weighted by Crippen LogP contribution is -2.49. The predicted molar refractivity (Wildman–Crippen MR) is 105 cm³/mol. The number of carbonyl (C=O) groups is 1. The smallest absolute Gasteiger partial charge is 0.273 e. The number of aromatic nitrogens is 4. The number of amides is 1. The monoisotopic (exact) mass is 393 g/mol. The van der Waals surface area contributed by atoms with Crippen molar-refractivity contribution in [3.63, 3.8) is 0 Å². The summed E-state index contributed by atoms with van der Waals surface area (Å²) in [5, 5.41) is 19.6. The van der Waals surface area contributed by atoms with E-state index in [4.69, 9.17) is 0 Å². The van der Waals surface area contributed by atoms with Crippen LogP contribution in [-0.2, 0) is 0 Å². The average Bonchev–Trinajstić information content (AvgIpc) is 3.28. The lowest BCUT2D eigenvalue weighted by atomic mass is 10.1. The molecule has 0 saturated carbocycles. The quantitative estimate of drug-likeness (QED) is 0.491. The van der Waals surface area contributed by atoms with Gasteiger partial charge in [-0.15, -0.1) is 10.2 Å². The van der Waals surface area contributed by atoms with Gasteiger partial charge < -0.3 is 9.80 Å². The number of nitro groups is 1. The number of piperazine rings is 1. The van der Waals surface area contributed by atoms with Gasteiger partial charge in [0.05, 0.1) is 4.92 Å². The third-order valence-corrected chi connectivity index (χ3v) is 5.03. The molecule has 0 atom stereocenters. The number of nitrogens with zero attached hydrogens (tertiary/aromatic N) is 7. The third kappa shape index (κ3) is 3.64. The second kappa shape index (κ2) is 7.66. The number of nitro benzene ring substituents is 1. The maximum Gasteiger partial charge on any atom is 0.273 e. The van der Waals surface area contributed by atoms with Crippen LogP contribution in [0.4, 0.5) is 11.5 Å². The molecule has 4 rings (SSSR count). The zero-order valence-electron chi connectivity index (χ0n) is 15.8. The molecule has 0 radical (unpaired) electrons. The Labute approximate surface area is 166 Å². The maximum atomic E-state index is 12.9. The first-order chi connectivity index (χ1) is 14.0. The highest BCUT2D eigenvalue weighted by Gasteiger charge is 2.26. The summed E-state index contributed by atoms with van der Waals surface area (Å²) in [6.07, 6.45) is 5.13. The SMILES string of the molecule is Cc1c(C(=O)N2CCN(c3ccc(-n4ccnc4)nn3)CC2)cccc1[N+](=O)[O-]. The van der Waals surface area contributed by atoms with Gasteiger partial charge in [-0.2, -0.15) is 0 Å². The number of carbonyl (C=O) groups excluding carboxylic acids is 1. The highest BCUT2D eigenvalue weighted by Crippen LogP contribution is 2.23. The molecule has 10 heteroatoms. The predicted octanol–water partition coefficient (Wildman–Crippen LogP) is 1.84. The zero-order valence-corrected chi connectivity index (χ0v) is 15.8. The van der Waals surface area contributed by atoms with E-state index >= 15 is 0 Å². The first kappa shape index (κ1) is 18.5. The summed E-state index contributed by atoms with van der Waals surface area (Å²) in [6.45, 7) is 3.84. The van der Waals surface area contributed by atoms with E-state index < -0.39 is 4.92 Å². The Morgan fingerprint density at radius 2 is 1.79 bits per heavy atom. The fraction of sp³-hybridized carbons (Fsp3) is 0.263. The van der Waals surface area contributed by atoms with Crippen molar-refractivity contribution in [2.45, 2.75) is 6.92 Å². The van der Waals surface area contributed by atoms with Gasteiger partial charge in [0, 0.05) is 55.8 Å². The molecule has 1 aliphatic rings. The Morgan fingerprint density at radius 3 is 2.41 bits per heavy atom.